The summed E-state index contributed by atoms with van der Waals surface area (Å²) in [4.78, 5) is 20.9. The Morgan fingerprint density at radius 3 is 2.36 bits per heavy atom. The number of hydrogen-bond acceptors (Lipinski definition) is 7. The number of carbonyl (C=O) groups is 2. The van der Waals surface area contributed by atoms with Gasteiger partial charge in [0.1, 0.15) is 5.00 Å². The lowest BCUT2D eigenvalue weighted by atomic mass is 10.3. The summed E-state index contributed by atoms with van der Waals surface area (Å²) in [6, 6.07) is 7.83. The van der Waals surface area contributed by atoms with Crippen molar-refractivity contribution in [3.8, 4) is 0 Å². The summed E-state index contributed by atoms with van der Waals surface area (Å²) >= 11 is -1.44. The third-order valence-electron chi connectivity index (χ3n) is 1.81. The highest BCUT2D eigenvalue weighted by atomic mass is 32.2. The Balaban J connectivity index is 0.000000295. The first-order valence-corrected chi connectivity index (χ1v) is 7.38. The number of para-hydroxylation sites is 1. The largest absolute Gasteiger partial charge is 0.755 e. The molecule has 118 valence electrons. The monoisotopic (exact) mass is 343 g/mol. The van der Waals surface area contributed by atoms with Gasteiger partial charge in [-0.2, -0.15) is 0 Å². The Labute approximate surface area is 131 Å². The van der Waals surface area contributed by atoms with Crippen molar-refractivity contribution in [2.75, 3.05) is 10.6 Å². The molecule has 1 unspecified atom stereocenters. The van der Waals surface area contributed by atoms with Gasteiger partial charge in [-0.1, -0.05) is 22.7 Å². The maximum absolute atomic E-state index is 11.4. The van der Waals surface area contributed by atoms with Crippen molar-refractivity contribution in [2.24, 2.45) is 5.73 Å². The van der Waals surface area contributed by atoms with E-state index in [2.05, 4.69) is 26.0 Å². The Morgan fingerprint density at radius 2 is 1.91 bits per heavy atom. The van der Waals surface area contributed by atoms with Crippen LogP contribution in [-0.4, -0.2) is 30.4 Å². The number of rotatable bonds is 3. The van der Waals surface area contributed by atoms with Crippen LogP contribution in [0.4, 0.5) is 20.3 Å². The molecule has 0 fully saturated rings. The third kappa shape index (κ3) is 7.88. The predicted octanol–water partition coefficient (Wildman–Crippen LogP) is 0.631. The Kier molecular flexibility index (Phi) is 7.45. The molecule has 0 spiro atoms. The van der Waals surface area contributed by atoms with E-state index in [1.807, 2.05) is 30.3 Å². The second-order valence-electron chi connectivity index (χ2n) is 3.43. The number of anilines is 2. The van der Waals surface area contributed by atoms with Crippen LogP contribution >= 0.6 is 11.5 Å². The van der Waals surface area contributed by atoms with Crippen molar-refractivity contribution < 1.29 is 18.4 Å². The number of aromatic nitrogens is 2. The van der Waals surface area contributed by atoms with Crippen LogP contribution in [0.2, 0.25) is 0 Å². The maximum atomic E-state index is 11.4. The van der Waals surface area contributed by atoms with Crippen molar-refractivity contribution >= 4 is 45.5 Å². The van der Waals surface area contributed by atoms with Crippen molar-refractivity contribution in [3.05, 3.63) is 36.5 Å². The molecule has 10 nitrogen and oxygen atoms in total. The van der Waals surface area contributed by atoms with Gasteiger partial charge in [-0.15, -0.1) is 5.10 Å². The number of amides is 4. The average Bonchev–Trinajstić information content (AvgIpc) is 2.91. The first-order valence-electron chi connectivity index (χ1n) is 5.53. The summed E-state index contributed by atoms with van der Waals surface area (Å²) in [6.07, 6.45) is 1.50. The molecule has 12 heteroatoms. The van der Waals surface area contributed by atoms with Crippen molar-refractivity contribution in [2.45, 2.75) is 0 Å². The van der Waals surface area contributed by atoms with E-state index in [4.69, 9.17) is 0 Å². The first kappa shape index (κ1) is 17.5. The quantitative estimate of drug-likeness (QED) is 0.597. The van der Waals surface area contributed by atoms with Crippen molar-refractivity contribution in [1.82, 2.24) is 14.3 Å². The van der Waals surface area contributed by atoms with E-state index in [1.54, 1.807) is 0 Å². The van der Waals surface area contributed by atoms with Gasteiger partial charge in [0.2, 0.25) is 0 Å². The van der Waals surface area contributed by atoms with Crippen molar-refractivity contribution in [3.63, 3.8) is 0 Å². The summed E-state index contributed by atoms with van der Waals surface area (Å²) in [5, 5.41) is 9.52. The van der Waals surface area contributed by atoms with Gasteiger partial charge in [-0.05, 0) is 12.1 Å². The Hall–Kier alpha value is -2.57. The van der Waals surface area contributed by atoms with Crippen LogP contribution < -0.4 is 21.1 Å². The lowest BCUT2D eigenvalue weighted by Crippen LogP contribution is -2.30. The molecule has 22 heavy (non-hydrogen) atoms. The minimum atomic E-state index is -2.57. The lowest BCUT2D eigenvalue weighted by Gasteiger charge is -2.04. The zero-order valence-corrected chi connectivity index (χ0v) is 12.5. The smallest absolute Gasteiger partial charge is 0.324 e. The SMILES string of the molecule is NC(=O)NS(=O)[O-].O=C(Nc1ccccc1)Nc1cnns1. The Morgan fingerprint density at radius 1 is 1.23 bits per heavy atom. The predicted molar refractivity (Wildman–Crippen MR) is 80.6 cm³/mol. The summed E-state index contributed by atoms with van der Waals surface area (Å²) in [7, 11) is 0. The molecule has 5 N–H and O–H groups in total. The Bertz CT molecular complexity index is 610. The zero-order chi connectivity index (χ0) is 16.4. The molecule has 0 saturated carbocycles. The number of nitrogens with zero attached hydrogens (tertiary/aromatic N) is 2. The highest BCUT2D eigenvalue weighted by Gasteiger charge is 2.03. The molecule has 1 atom stereocenters. The maximum Gasteiger partial charge on any atom is 0.324 e. The average molecular weight is 343 g/mol. The summed E-state index contributed by atoms with van der Waals surface area (Å²) in [6.45, 7) is 0. The topological polar surface area (TPSA) is 162 Å². The van der Waals surface area contributed by atoms with Crippen LogP contribution in [0.1, 0.15) is 0 Å². The minimum Gasteiger partial charge on any atom is -0.755 e. The number of benzene rings is 1. The van der Waals surface area contributed by atoms with Gasteiger partial charge in [-0.25, -0.2) is 9.59 Å². The second-order valence-corrected chi connectivity index (χ2v) is 4.89. The van der Waals surface area contributed by atoms with E-state index >= 15 is 0 Å². The van der Waals surface area contributed by atoms with E-state index in [0.717, 1.165) is 17.2 Å². The van der Waals surface area contributed by atoms with E-state index in [9.17, 15) is 18.4 Å². The molecular formula is C10H11N6O4S2-. The van der Waals surface area contributed by atoms with Gasteiger partial charge >= 0.3 is 12.1 Å². The minimum absolute atomic E-state index is 0.299. The fourth-order valence-electron chi connectivity index (χ4n) is 1.10. The zero-order valence-electron chi connectivity index (χ0n) is 10.9. The van der Waals surface area contributed by atoms with Crippen LogP contribution in [0, 0.1) is 0 Å². The molecule has 0 saturated heterocycles. The van der Waals surface area contributed by atoms with E-state index in [1.165, 1.54) is 10.9 Å². The number of primary amides is 1. The number of urea groups is 2. The van der Waals surface area contributed by atoms with Crippen LogP contribution in [0.5, 0.6) is 0 Å². The van der Waals surface area contributed by atoms with E-state index < -0.39 is 17.3 Å². The standard InChI is InChI=1S/C9H8N4OS.CH4N2O3S/c14-9(12-8-6-10-13-15-8)11-7-4-2-1-3-5-7;2-1(4)3-7(5)6/h1-6H,(H2,11,12,14);(H,5,6)(H3,2,3,4)/p-1. The second kappa shape index (κ2) is 9.38. The molecule has 0 aliphatic heterocycles. The fraction of sp³-hybridized carbons (Fsp3) is 0. The van der Waals surface area contributed by atoms with Crippen LogP contribution in [0.3, 0.4) is 0 Å². The molecule has 1 heterocycles. The highest BCUT2D eigenvalue weighted by Crippen LogP contribution is 2.10. The molecule has 0 aliphatic carbocycles. The summed E-state index contributed by atoms with van der Waals surface area (Å²) < 4.78 is 23.8. The van der Waals surface area contributed by atoms with Gasteiger partial charge in [0.05, 0.1) is 6.20 Å². The van der Waals surface area contributed by atoms with Crippen LogP contribution in [0.25, 0.3) is 0 Å². The van der Waals surface area contributed by atoms with Crippen LogP contribution in [0.15, 0.2) is 36.5 Å². The van der Waals surface area contributed by atoms with Crippen LogP contribution in [-0.2, 0) is 11.3 Å². The number of nitrogens with one attached hydrogen (secondary N) is 3. The highest BCUT2D eigenvalue weighted by molar-refractivity contribution is 7.77. The molecule has 2 aromatic rings. The van der Waals surface area contributed by atoms with Gasteiger partial charge in [0.25, 0.3) is 0 Å². The van der Waals surface area contributed by atoms with E-state index in [0.29, 0.717) is 5.00 Å². The molecule has 0 aliphatic rings. The number of carbonyl (C=O) groups excluding carboxylic acids is 2. The molecule has 4 amide bonds. The molecule has 0 radical (unpaired) electrons. The fourth-order valence-corrected chi connectivity index (χ4v) is 1.68. The first-order chi connectivity index (χ1) is 10.5. The summed E-state index contributed by atoms with van der Waals surface area (Å²) in [5.41, 5.74) is 5.09. The number of hydrogen-bond donors (Lipinski definition) is 4. The summed E-state index contributed by atoms with van der Waals surface area (Å²) in [5.74, 6) is 0. The normalized spacial score (nSPS) is 10.6. The molecule has 2 rings (SSSR count). The molecule has 1 aromatic carbocycles. The molecular weight excluding hydrogens is 332 g/mol. The van der Waals surface area contributed by atoms with Crippen molar-refractivity contribution in [1.29, 1.82) is 0 Å². The van der Waals surface area contributed by atoms with E-state index in [-0.39, 0.29) is 6.03 Å². The third-order valence-corrected chi connectivity index (χ3v) is 2.76. The molecule has 1 aromatic heterocycles. The van der Waals surface area contributed by atoms with Gasteiger partial charge in [-0.3, -0.25) is 14.2 Å². The van der Waals surface area contributed by atoms with Gasteiger partial charge in [0.15, 0.2) is 0 Å². The number of nitrogens with two attached hydrogens (primary N) is 1. The molecule has 0 bridgehead atoms. The lowest BCUT2D eigenvalue weighted by molar-refractivity contribution is 0.253. The van der Waals surface area contributed by atoms with Gasteiger partial charge < -0.3 is 15.6 Å². The van der Waals surface area contributed by atoms with Gasteiger partial charge in [0, 0.05) is 28.5 Å².